The lowest BCUT2D eigenvalue weighted by Crippen LogP contribution is -2.69. The summed E-state index contributed by atoms with van der Waals surface area (Å²) in [6.07, 6.45) is -5.57. The Kier molecular flexibility index (Phi) is 7.67. The van der Waals surface area contributed by atoms with Crippen LogP contribution in [0.2, 0.25) is 0 Å². The maximum Gasteiger partial charge on any atom is 0.384 e. The van der Waals surface area contributed by atoms with Gasteiger partial charge in [-0.25, -0.2) is 13.2 Å². The highest BCUT2D eigenvalue weighted by atomic mass is 19.4. The van der Waals surface area contributed by atoms with Gasteiger partial charge in [-0.05, 0) is 48.5 Å². The van der Waals surface area contributed by atoms with Gasteiger partial charge in [0.15, 0.2) is 6.61 Å². The van der Waals surface area contributed by atoms with E-state index in [9.17, 15) is 57.1 Å². The van der Waals surface area contributed by atoms with Crippen LogP contribution in [-0.4, -0.2) is 42.6 Å². The molecule has 35 heavy (non-hydrogen) atoms. The Bertz CT molecular complexity index is 1020. The van der Waals surface area contributed by atoms with E-state index < -0.39 is 54.2 Å². The Labute approximate surface area is 187 Å². The second-order valence-corrected chi connectivity index (χ2v) is 6.81. The Hall–Kier alpha value is -3.07. The van der Waals surface area contributed by atoms with E-state index in [1.54, 1.807) is 0 Å². The number of alkyl halides is 12. The molecular weight excluding hydrogens is 519 g/mol. The molecule has 194 valence electrons. The summed E-state index contributed by atoms with van der Waals surface area (Å²) < 4.78 is 175. The minimum atomic E-state index is -7.61. The molecular formula is C19H11F13N2O. The first kappa shape index (κ1) is 28.2. The van der Waals surface area contributed by atoms with Crippen molar-refractivity contribution in [3.8, 4) is 5.75 Å². The molecule has 0 amide bonds. The van der Waals surface area contributed by atoms with Crippen molar-refractivity contribution in [2.24, 2.45) is 10.2 Å². The summed E-state index contributed by atoms with van der Waals surface area (Å²) >= 11 is 0. The molecule has 2 aromatic rings. The van der Waals surface area contributed by atoms with Crippen molar-refractivity contribution >= 4 is 11.4 Å². The van der Waals surface area contributed by atoms with Gasteiger partial charge in [-0.1, -0.05) is 0 Å². The molecule has 0 aliphatic carbocycles. The molecule has 0 aliphatic heterocycles. The minimum absolute atomic E-state index is 0.0131. The van der Waals surface area contributed by atoms with Gasteiger partial charge in [0.2, 0.25) is 0 Å². The molecule has 0 heterocycles. The molecule has 3 nitrogen and oxygen atoms in total. The summed E-state index contributed by atoms with van der Waals surface area (Å²) in [6.45, 7) is -2.72. The number of hydrogen-bond donors (Lipinski definition) is 0. The number of halogens is 13. The van der Waals surface area contributed by atoms with E-state index >= 15 is 0 Å². The molecule has 16 heteroatoms. The van der Waals surface area contributed by atoms with Gasteiger partial charge >= 0.3 is 36.0 Å². The molecule has 0 aliphatic rings. The van der Waals surface area contributed by atoms with Crippen LogP contribution in [0.15, 0.2) is 58.8 Å². The lowest BCUT2D eigenvalue weighted by atomic mass is 9.94. The predicted molar refractivity (Wildman–Crippen MR) is 93.3 cm³/mol. The van der Waals surface area contributed by atoms with Crippen LogP contribution in [0.5, 0.6) is 5.75 Å². The number of nitrogens with zero attached hydrogens (tertiary/aromatic N) is 2. The summed E-state index contributed by atoms with van der Waals surface area (Å²) in [6, 6.07) is 8.22. The Morgan fingerprint density at radius 3 is 1.49 bits per heavy atom. The van der Waals surface area contributed by atoms with Crippen LogP contribution in [0.1, 0.15) is 0 Å². The highest BCUT2D eigenvalue weighted by Gasteiger charge is 2.87. The molecule has 0 N–H and O–H groups in total. The van der Waals surface area contributed by atoms with Crippen molar-refractivity contribution in [1.29, 1.82) is 0 Å². The standard InChI is InChI=1S/C19H11F13N2O/c20-10-1-3-11(4-2-10)33-34-12-5-7-13(8-6-12)35-9-15(23,24)17(27,28)19(31,32)18(29,30)16(25,26)14(21)22/h1-8,14H,9H2/b34-33+. The zero-order valence-electron chi connectivity index (χ0n) is 16.6. The van der Waals surface area contributed by atoms with E-state index in [1.807, 2.05) is 0 Å². The van der Waals surface area contributed by atoms with Gasteiger partial charge in [0, 0.05) is 0 Å². The van der Waals surface area contributed by atoms with Gasteiger partial charge < -0.3 is 4.74 Å². The Balaban J connectivity index is 2.15. The van der Waals surface area contributed by atoms with Crippen LogP contribution in [-0.2, 0) is 0 Å². The number of ether oxygens (including phenoxy) is 1. The summed E-state index contributed by atoms with van der Waals surface area (Å²) in [5.74, 6) is -37.0. The Morgan fingerprint density at radius 2 is 1.06 bits per heavy atom. The summed E-state index contributed by atoms with van der Waals surface area (Å²) in [4.78, 5) is 0. The zero-order chi connectivity index (χ0) is 26.9. The smallest absolute Gasteiger partial charge is 0.384 e. The first-order chi connectivity index (χ1) is 15.9. The van der Waals surface area contributed by atoms with Gasteiger partial charge in [0.25, 0.3) is 0 Å². The van der Waals surface area contributed by atoms with Crippen molar-refractivity contribution in [2.75, 3.05) is 6.61 Å². The second kappa shape index (κ2) is 9.53. The third-order valence-corrected chi connectivity index (χ3v) is 4.31. The van der Waals surface area contributed by atoms with Crippen LogP contribution in [0.4, 0.5) is 68.5 Å². The number of benzene rings is 2. The third kappa shape index (κ3) is 5.29. The van der Waals surface area contributed by atoms with E-state index in [4.69, 9.17) is 0 Å². The number of hydrogen-bond acceptors (Lipinski definition) is 3. The number of azo groups is 1. The molecule has 0 aromatic heterocycles. The van der Waals surface area contributed by atoms with Gasteiger partial charge in [-0.2, -0.15) is 54.1 Å². The lowest BCUT2D eigenvalue weighted by molar-refractivity contribution is -0.414. The first-order valence-electron chi connectivity index (χ1n) is 8.94. The monoisotopic (exact) mass is 530 g/mol. The minimum Gasteiger partial charge on any atom is -0.487 e. The molecule has 0 saturated carbocycles. The third-order valence-electron chi connectivity index (χ3n) is 4.31. The molecule has 0 radical (unpaired) electrons. The molecule has 0 spiro atoms. The van der Waals surface area contributed by atoms with Gasteiger partial charge in [0.05, 0.1) is 11.4 Å². The van der Waals surface area contributed by atoms with Crippen molar-refractivity contribution in [3.63, 3.8) is 0 Å². The fourth-order valence-electron chi connectivity index (χ4n) is 2.27. The maximum atomic E-state index is 13.7. The normalized spacial score (nSPS) is 14.1. The van der Waals surface area contributed by atoms with Crippen molar-refractivity contribution in [3.05, 3.63) is 54.3 Å². The van der Waals surface area contributed by atoms with Crippen LogP contribution in [0, 0.1) is 5.82 Å². The predicted octanol–water partition coefficient (Wildman–Crippen LogP) is 8.06. The van der Waals surface area contributed by atoms with Gasteiger partial charge in [0.1, 0.15) is 11.6 Å². The molecule has 0 bridgehead atoms. The highest BCUT2D eigenvalue weighted by molar-refractivity contribution is 5.42. The fraction of sp³-hybridized carbons (Fsp3) is 0.368. The van der Waals surface area contributed by atoms with E-state index in [2.05, 4.69) is 15.0 Å². The van der Waals surface area contributed by atoms with Crippen molar-refractivity contribution < 1.29 is 61.8 Å². The van der Waals surface area contributed by atoms with Crippen LogP contribution in [0.25, 0.3) is 0 Å². The largest absolute Gasteiger partial charge is 0.487 e. The summed E-state index contributed by atoms with van der Waals surface area (Å²) in [7, 11) is 0. The van der Waals surface area contributed by atoms with E-state index in [1.165, 1.54) is 12.1 Å². The van der Waals surface area contributed by atoms with E-state index in [0.717, 1.165) is 36.4 Å². The van der Waals surface area contributed by atoms with Crippen LogP contribution < -0.4 is 4.74 Å². The van der Waals surface area contributed by atoms with Crippen LogP contribution in [0.3, 0.4) is 0 Å². The van der Waals surface area contributed by atoms with Crippen molar-refractivity contribution in [2.45, 2.75) is 36.0 Å². The molecule has 2 rings (SSSR count). The summed E-state index contributed by atoms with van der Waals surface area (Å²) in [5.41, 5.74) is 0.211. The fourth-order valence-corrected chi connectivity index (χ4v) is 2.27. The average Bonchev–Trinajstić information content (AvgIpc) is 2.77. The Morgan fingerprint density at radius 1 is 0.629 bits per heavy atom. The average molecular weight is 530 g/mol. The molecule has 2 aromatic carbocycles. The second-order valence-electron chi connectivity index (χ2n) is 6.81. The lowest BCUT2D eigenvalue weighted by Gasteiger charge is -2.39. The highest BCUT2D eigenvalue weighted by Crippen LogP contribution is 2.58. The molecule has 0 unspecified atom stereocenters. The SMILES string of the molecule is Fc1ccc(/N=N/c2ccc(OCC(F)(F)C(F)(F)C(F)(F)C(F)(F)C(F)(F)C(F)F)cc2)cc1. The van der Waals surface area contributed by atoms with Gasteiger partial charge in [-0.3, -0.25) is 0 Å². The number of rotatable bonds is 10. The first-order valence-corrected chi connectivity index (χ1v) is 8.94. The molecule has 0 saturated heterocycles. The summed E-state index contributed by atoms with van der Waals surface area (Å²) in [5, 5.41) is 7.33. The van der Waals surface area contributed by atoms with Gasteiger partial charge in [-0.15, -0.1) is 0 Å². The van der Waals surface area contributed by atoms with Crippen LogP contribution >= 0.6 is 0 Å². The maximum absolute atomic E-state index is 13.7. The van der Waals surface area contributed by atoms with E-state index in [-0.39, 0.29) is 11.4 Å². The zero-order valence-corrected chi connectivity index (χ0v) is 16.6. The molecule has 0 atom stereocenters. The van der Waals surface area contributed by atoms with E-state index in [0.29, 0.717) is 0 Å². The quantitative estimate of drug-likeness (QED) is 0.226. The topological polar surface area (TPSA) is 34.0 Å². The molecule has 0 fully saturated rings. The van der Waals surface area contributed by atoms with Crippen molar-refractivity contribution in [1.82, 2.24) is 0 Å².